The van der Waals surface area contributed by atoms with E-state index in [4.69, 9.17) is 5.73 Å². The van der Waals surface area contributed by atoms with Crippen LogP contribution in [-0.2, 0) is 11.8 Å². The van der Waals surface area contributed by atoms with Crippen LogP contribution < -0.4 is 16.0 Å². The Morgan fingerprint density at radius 2 is 2.00 bits per heavy atom. The Kier molecular flexibility index (Phi) is 4.66. The standard InChI is InChI=1S/C18H22N4O2/c1-21-11-5-9-14(21)15-10-6-12-22(15)16(17(23)20-18(19)24)13-7-3-2-4-8-13/h2-5,7-9,11,15-16H,6,10,12H2,1H3,(H3,19,20,23,24)/p+1/t15-,16+/m1/s1. The summed E-state index contributed by atoms with van der Waals surface area (Å²) < 4.78 is 2.10. The number of quaternary nitrogens is 1. The lowest BCUT2D eigenvalue weighted by molar-refractivity contribution is -0.940. The van der Waals surface area contributed by atoms with E-state index in [1.165, 1.54) is 5.69 Å². The third-order valence-corrected chi connectivity index (χ3v) is 4.76. The zero-order chi connectivity index (χ0) is 17.1. The molecule has 1 unspecified atom stereocenters. The van der Waals surface area contributed by atoms with Gasteiger partial charge in [0.2, 0.25) is 0 Å². The van der Waals surface area contributed by atoms with Crippen molar-refractivity contribution in [2.45, 2.75) is 24.9 Å². The highest BCUT2D eigenvalue weighted by atomic mass is 16.2. The number of hydrogen-bond acceptors (Lipinski definition) is 2. The minimum atomic E-state index is -0.810. The van der Waals surface area contributed by atoms with Crippen molar-refractivity contribution in [1.29, 1.82) is 0 Å². The Bertz CT molecular complexity index is 726. The predicted molar refractivity (Wildman–Crippen MR) is 90.1 cm³/mol. The van der Waals surface area contributed by atoms with Crippen LogP contribution in [0, 0.1) is 0 Å². The maximum Gasteiger partial charge on any atom is 0.319 e. The molecule has 3 atom stereocenters. The fraction of sp³-hybridized carbons (Fsp3) is 0.333. The highest BCUT2D eigenvalue weighted by molar-refractivity contribution is 5.96. The average Bonchev–Trinajstić information content (AvgIpc) is 3.16. The number of rotatable bonds is 4. The van der Waals surface area contributed by atoms with Crippen LogP contribution in [0.4, 0.5) is 4.79 Å². The molecule has 3 amide bonds. The van der Waals surface area contributed by atoms with Crippen molar-refractivity contribution in [2.75, 3.05) is 6.54 Å². The number of amides is 3. The molecule has 1 saturated heterocycles. The van der Waals surface area contributed by atoms with Gasteiger partial charge in [-0.15, -0.1) is 0 Å². The quantitative estimate of drug-likeness (QED) is 0.772. The molecule has 1 fully saturated rings. The average molecular weight is 327 g/mol. The van der Waals surface area contributed by atoms with E-state index in [2.05, 4.69) is 16.0 Å². The van der Waals surface area contributed by atoms with E-state index in [0.29, 0.717) is 0 Å². The molecule has 0 radical (unpaired) electrons. The largest absolute Gasteiger partial charge is 0.351 e. The predicted octanol–water partition coefficient (Wildman–Crippen LogP) is 0.681. The van der Waals surface area contributed by atoms with Crippen LogP contribution in [0.15, 0.2) is 48.7 Å². The second-order valence-corrected chi connectivity index (χ2v) is 6.26. The summed E-state index contributed by atoms with van der Waals surface area (Å²) in [4.78, 5) is 25.1. The number of benzene rings is 1. The van der Waals surface area contributed by atoms with Gasteiger partial charge in [0.15, 0.2) is 6.04 Å². The van der Waals surface area contributed by atoms with Crippen LogP contribution in [0.1, 0.15) is 36.2 Å². The fourth-order valence-electron chi connectivity index (χ4n) is 3.76. The number of likely N-dealkylation sites (tertiary alicyclic amines) is 1. The zero-order valence-electron chi connectivity index (χ0n) is 13.7. The summed E-state index contributed by atoms with van der Waals surface area (Å²) in [6, 6.07) is 12.7. The van der Waals surface area contributed by atoms with E-state index < -0.39 is 12.1 Å². The topological polar surface area (TPSA) is 81.6 Å². The highest BCUT2D eigenvalue weighted by Gasteiger charge is 2.41. The Labute approximate surface area is 141 Å². The van der Waals surface area contributed by atoms with Gasteiger partial charge in [0.05, 0.1) is 12.2 Å². The fourth-order valence-corrected chi connectivity index (χ4v) is 3.76. The number of nitrogens with zero attached hydrogens (tertiary/aromatic N) is 1. The molecule has 4 N–H and O–H groups in total. The first kappa shape index (κ1) is 16.3. The molecule has 2 aromatic rings. The molecule has 2 heterocycles. The number of nitrogens with two attached hydrogens (primary N) is 1. The number of aromatic nitrogens is 1. The summed E-state index contributed by atoms with van der Waals surface area (Å²) >= 11 is 0. The number of nitrogens with one attached hydrogen (secondary N) is 2. The molecule has 3 rings (SSSR count). The molecule has 24 heavy (non-hydrogen) atoms. The molecule has 126 valence electrons. The van der Waals surface area contributed by atoms with Crippen molar-refractivity contribution < 1.29 is 14.5 Å². The Morgan fingerprint density at radius 3 is 2.62 bits per heavy atom. The molecular weight excluding hydrogens is 304 g/mol. The van der Waals surface area contributed by atoms with Gasteiger partial charge in [0.25, 0.3) is 5.91 Å². The first-order chi connectivity index (χ1) is 11.6. The number of urea groups is 1. The van der Waals surface area contributed by atoms with E-state index in [-0.39, 0.29) is 11.9 Å². The normalized spacial score (nSPS) is 21.4. The summed E-state index contributed by atoms with van der Waals surface area (Å²) in [5, 5.41) is 2.27. The SMILES string of the molecule is Cn1cccc1[C@H]1CCC[NH+]1[C@H](C(=O)NC(N)=O)c1ccccc1. The van der Waals surface area contributed by atoms with E-state index >= 15 is 0 Å². The minimum Gasteiger partial charge on any atom is -0.351 e. The van der Waals surface area contributed by atoms with Gasteiger partial charge in [-0.1, -0.05) is 30.3 Å². The number of imide groups is 1. The molecule has 6 heteroatoms. The Morgan fingerprint density at radius 1 is 1.25 bits per heavy atom. The molecule has 1 aromatic carbocycles. The minimum absolute atomic E-state index is 0.217. The maximum atomic E-state index is 12.7. The summed E-state index contributed by atoms with van der Waals surface area (Å²) in [5.74, 6) is -0.343. The van der Waals surface area contributed by atoms with Crippen LogP contribution >= 0.6 is 0 Å². The van der Waals surface area contributed by atoms with Crippen molar-refractivity contribution >= 4 is 11.9 Å². The van der Waals surface area contributed by atoms with Gasteiger partial charge in [0.1, 0.15) is 6.04 Å². The van der Waals surface area contributed by atoms with Crippen LogP contribution in [0.3, 0.4) is 0 Å². The van der Waals surface area contributed by atoms with E-state index in [1.54, 1.807) is 0 Å². The number of primary amides is 1. The van der Waals surface area contributed by atoms with Crippen molar-refractivity contribution in [3.05, 3.63) is 59.9 Å². The first-order valence-corrected chi connectivity index (χ1v) is 8.20. The van der Waals surface area contributed by atoms with Gasteiger partial charge in [0, 0.05) is 31.6 Å². The van der Waals surface area contributed by atoms with Crippen LogP contribution in [0.5, 0.6) is 0 Å². The van der Waals surface area contributed by atoms with E-state index in [0.717, 1.165) is 29.8 Å². The lowest BCUT2D eigenvalue weighted by atomic mass is 10.0. The third kappa shape index (κ3) is 3.19. The van der Waals surface area contributed by atoms with Gasteiger partial charge < -0.3 is 15.2 Å². The summed E-state index contributed by atoms with van der Waals surface area (Å²) in [5.41, 5.74) is 7.28. The van der Waals surface area contributed by atoms with Gasteiger partial charge in [-0.2, -0.15) is 0 Å². The second-order valence-electron chi connectivity index (χ2n) is 6.26. The van der Waals surface area contributed by atoms with Crippen LogP contribution in [-0.4, -0.2) is 23.1 Å². The molecule has 0 saturated carbocycles. The summed E-state index contributed by atoms with van der Waals surface area (Å²) in [6.45, 7) is 0.877. The third-order valence-electron chi connectivity index (χ3n) is 4.76. The van der Waals surface area contributed by atoms with Crippen LogP contribution in [0.25, 0.3) is 0 Å². The monoisotopic (exact) mass is 327 g/mol. The van der Waals surface area contributed by atoms with Gasteiger partial charge >= 0.3 is 6.03 Å². The summed E-state index contributed by atoms with van der Waals surface area (Å²) in [6.07, 6.45) is 4.07. The highest BCUT2D eigenvalue weighted by Crippen LogP contribution is 2.23. The summed E-state index contributed by atoms with van der Waals surface area (Å²) in [7, 11) is 2.02. The molecule has 0 aliphatic carbocycles. The number of aryl methyl sites for hydroxylation is 1. The molecule has 1 aliphatic rings. The number of carbonyl (C=O) groups excluding carboxylic acids is 2. The Hall–Kier alpha value is -2.60. The van der Waals surface area contributed by atoms with Crippen LogP contribution in [0.2, 0.25) is 0 Å². The number of carbonyl (C=O) groups is 2. The molecule has 1 aliphatic heterocycles. The maximum absolute atomic E-state index is 12.7. The van der Waals surface area contributed by atoms with Gasteiger partial charge in [-0.05, 0) is 12.1 Å². The van der Waals surface area contributed by atoms with Crippen molar-refractivity contribution in [3.8, 4) is 0 Å². The van der Waals surface area contributed by atoms with Crippen molar-refractivity contribution in [2.24, 2.45) is 12.8 Å². The van der Waals surface area contributed by atoms with Gasteiger partial charge in [-0.3, -0.25) is 10.1 Å². The van der Waals surface area contributed by atoms with Crippen molar-refractivity contribution in [3.63, 3.8) is 0 Å². The lowest BCUT2D eigenvalue weighted by Gasteiger charge is -2.29. The molecule has 6 nitrogen and oxygen atoms in total. The Balaban J connectivity index is 1.96. The first-order valence-electron chi connectivity index (χ1n) is 8.20. The smallest absolute Gasteiger partial charge is 0.319 e. The van der Waals surface area contributed by atoms with Gasteiger partial charge in [-0.25, -0.2) is 4.79 Å². The lowest BCUT2D eigenvalue weighted by Crippen LogP contribution is -3.12. The molecule has 0 spiro atoms. The molecular formula is C18H23N4O2+. The van der Waals surface area contributed by atoms with E-state index in [9.17, 15) is 9.59 Å². The zero-order valence-corrected chi connectivity index (χ0v) is 13.7. The van der Waals surface area contributed by atoms with E-state index in [1.807, 2.05) is 49.6 Å². The molecule has 1 aromatic heterocycles. The second kappa shape index (κ2) is 6.88. The number of hydrogen-bond donors (Lipinski definition) is 3. The molecule has 0 bridgehead atoms. The van der Waals surface area contributed by atoms with Crippen molar-refractivity contribution in [1.82, 2.24) is 9.88 Å².